The van der Waals surface area contributed by atoms with Crippen LogP contribution in [0.2, 0.25) is 0 Å². The number of fused-ring (bicyclic) bond motifs is 1. The van der Waals surface area contributed by atoms with Crippen LogP contribution in [0.15, 0.2) is 78.4 Å². The molecular formula is C30H25F3O2. The molecule has 0 atom stereocenters. The molecule has 0 radical (unpaired) electrons. The first kappa shape index (κ1) is 24.3. The smallest absolute Gasteiger partial charge is 0.417 e. The van der Waals surface area contributed by atoms with E-state index in [-0.39, 0.29) is 5.56 Å². The van der Waals surface area contributed by atoms with E-state index < -0.39 is 17.7 Å². The van der Waals surface area contributed by atoms with Crippen LogP contribution >= 0.6 is 0 Å². The predicted molar refractivity (Wildman–Crippen MR) is 135 cm³/mol. The van der Waals surface area contributed by atoms with Gasteiger partial charge in [-0.3, -0.25) is 0 Å². The zero-order chi connectivity index (χ0) is 25.2. The number of allylic oxidation sites excluding steroid dienone is 3. The Hall–Kier alpha value is -3.86. The topological polar surface area (TPSA) is 37.3 Å². The van der Waals surface area contributed by atoms with Gasteiger partial charge in [-0.2, -0.15) is 13.2 Å². The van der Waals surface area contributed by atoms with Crippen LogP contribution in [0, 0.1) is 6.92 Å². The molecule has 35 heavy (non-hydrogen) atoms. The minimum absolute atomic E-state index is 0.187. The van der Waals surface area contributed by atoms with Crippen LogP contribution in [0.25, 0.3) is 23.3 Å². The molecule has 0 spiro atoms. The lowest BCUT2D eigenvalue weighted by atomic mass is 9.85. The summed E-state index contributed by atoms with van der Waals surface area (Å²) >= 11 is 0. The van der Waals surface area contributed by atoms with Crippen molar-refractivity contribution >= 4 is 29.3 Å². The molecule has 3 aromatic carbocycles. The second-order valence-electron chi connectivity index (χ2n) is 8.59. The summed E-state index contributed by atoms with van der Waals surface area (Å²) in [5.74, 6) is -1.05. The van der Waals surface area contributed by atoms with Gasteiger partial charge in [-0.05, 0) is 76.4 Å². The molecular weight excluding hydrogens is 449 g/mol. The van der Waals surface area contributed by atoms with Crippen LogP contribution in [0.3, 0.4) is 0 Å². The molecule has 0 aromatic heterocycles. The van der Waals surface area contributed by atoms with Crippen molar-refractivity contribution in [3.05, 3.63) is 117 Å². The van der Waals surface area contributed by atoms with Gasteiger partial charge in [0.2, 0.25) is 0 Å². The molecule has 0 bridgehead atoms. The van der Waals surface area contributed by atoms with Crippen molar-refractivity contribution in [1.29, 1.82) is 0 Å². The van der Waals surface area contributed by atoms with Crippen LogP contribution in [0.4, 0.5) is 13.2 Å². The number of alkyl halides is 3. The quantitative estimate of drug-likeness (QED) is 0.290. The second-order valence-corrected chi connectivity index (χ2v) is 8.59. The lowest BCUT2D eigenvalue weighted by molar-refractivity contribution is -0.137. The van der Waals surface area contributed by atoms with Crippen LogP contribution in [-0.2, 0) is 17.4 Å². The maximum absolute atomic E-state index is 14.1. The van der Waals surface area contributed by atoms with Crippen molar-refractivity contribution < 1.29 is 23.1 Å². The average Bonchev–Trinajstić information content (AvgIpc) is 3.25. The Kier molecular flexibility index (Phi) is 6.79. The van der Waals surface area contributed by atoms with E-state index in [1.54, 1.807) is 31.2 Å². The van der Waals surface area contributed by atoms with Gasteiger partial charge in [0.1, 0.15) is 0 Å². The van der Waals surface area contributed by atoms with Crippen LogP contribution in [-0.4, -0.2) is 11.1 Å². The zero-order valence-corrected chi connectivity index (χ0v) is 19.5. The number of benzene rings is 3. The molecule has 1 N–H and O–H groups in total. The highest BCUT2D eigenvalue weighted by atomic mass is 19.4. The summed E-state index contributed by atoms with van der Waals surface area (Å²) in [6, 6.07) is 19.7. The van der Waals surface area contributed by atoms with Gasteiger partial charge in [0.25, 0.3) is 0 Å². The number of carbonyl (C=O) groups is 1. The van der Waals surface area contributed by atoms with E-state index in [0.717, 1.165) is 33.9 Å². The van der Waals surface area contributed by atoms with Gasteiger partial charge in [-0.15, -0.1) is 0 Å². The van der Waals surface area contributed by atoms with Crippen LogP contribution in [0.1, 0.15) is 52.3 Å². The number of aryl methyl sites for hydroxylation is 1. The number of hydrogen-bond donors (Lipinski definition) is 1. The fourth-order valence-electron chi connectivity index (χ4n) is 4.58. The average molecular weight is 475 g/mol. The third-order valence-electron chi connectivity index (χ3n) is 6.17. The van der Waals surface area contributed by atoms with E-state index in [1.165, 1.54) is 12.1 Å². The molecule has 3 aromatic rings. The fraction of sp³-hybridized carbons (Fsp3) is 0.167. The molecule has 178 valence electrons. The Morgan fingerprint density at radius 2 is 1.74 bits per heavy atom. The van der Waals surface area contributed by atoms with Gasteiger partial charge < -0.3 is 5.11 Å². The summed E-state index contributed by atoms with van der Waals surface area (Å²) in [4.78, 5) is 10.9. The molecule has 0 amide bonds. The fourth-order valence-corrected chi connectivity index (χ4v) is 4.58. The normalized spacial score (nSPS) is 14.0. The molecule has 0 heterocycles. The first-order valence-corrected chi connectivity index (χ1v) is 11.4. The van der Waals surface area contributed by atoms with Crippen molar-refractivity contribution in [3.63, 3.8) is 0 Å². The Morgan fingerprint density at radius 1 is 1.03 bits per heavy atom. The largest absolute Gasteiger partial charge is 0.478 e. The third kappa shape index (κ3) is 5.29. The van der Waals surface area contributed by atoms with Gasteiger partial charge >= 0.3 is 12.1 Å². The van der Waals surface area contributed by atoms with Gasteiger partial charge in [0.05, 0.1) is 5.56 Å². The maximum Gasteiger partial charge on any atom is 0.417 e. The summed E-state index contributed by atoms with van der Waals surface area (Å²) in [7, 11) is 0. The third-order valence-corrected chi connectivity index (χ3v) is 6.17. The first-order valence-electron chi connectivity index (χ1n) is 11.4. The van der Waals surface area contributed by atoms with E-state index >= 15 is 0 Å². The number of halogens is 3. The van der Waals surface area contributed by atoms with Crippen molar-refractivity contribution in [2.24, 2.45) is 0 Å². The molecule has 0 saturated heterocycles. The minimum Gasteiger partial charge on any atom is -0.478 e. The molecule has 1 aliphatic rings. The lowest BCUT2D eigenvalue weighted by Gasteiger charge is -2.21. The zero-order valence-electron chi connectivity index (χ0n) is 19.5. The van der Waals surface area contributed by atoms with Crippen LogP contribution < -0.4 is 0 Å². The van der Waals surface area contributed by atoms with Gasteiger partial charge in [-0.1, -0.05) is 79.2 Å². The SMILES string of the molecule is CC/C(=C(\C1=Cc2ccccc2C1)c1ccc(/C=C/C(=O)O)cc1)c1ccc(C)cc1C(F)(F)F. The molecule has 0 fully saturated rings. The highest BCUT2D eigenvalue weighted by Gasteiger charge is 2.35. The lowest BCUT2D eigenvalue weighted by Crippen LogP contribution is -2.10. The van der Waals surface area contributed by atoms with Crippen LogP contribution in [0.5, 0.6) is 0 Å². The summed E-state index contributed by atoms with van der Waals surface area (Å²) in [6.07, 6.45) is 1.16. The van der Waals surface area contributed by atoms with E-state index in [2.05, 4.69) is 6.08 Å². The monoisotopic (exact) mass is 474 g/mol. The molecule has 5 heteroatoms. The standard InChI is InChI=1S/C30H25F3O2/c1-3-25(26-14-8-19(2)16-27(26)30(31,32)33)29(24-17-22-6-4-5-7-23(22)18-24)21-12-9-20(10-13-21)11-15-28(34)35/h4-17H,3,18H2,1-2H3,(H,34,35)/b15-11+,29-25+. The number of carboxylic acids is 1. The van der Waals surface area contributed by atoms with E-state index in [4.69, 9.17) is 5.11 Å². The van der Waals surface area contributed by atoms with Crippen molar-refractivity contribution in [1.82, 2.24) is 0 Å². The molecule has 0 unspecified atom stereocenters. The van der Waals surface area contributed by atoms with Crippen molar-refractivity contribution in [2.45, 2.75) is 32.9 Å². The molecule has 0 aliphatic heterocycles. The summed E-state index contributed by atoms with van der Waals surface area (Å²) in [5, 5.41) is 8.90. The highest BCUT2D eigenvalue weighted by molar-refractivity contribution is 6.02. The van der Waals surface area contributed by atoms with E-state index in [0.29, 0.717) is 29.5 Å². The van der Waals surface area contributed by atoms with Gasteiger partial charge in [0, 0.05) is 6.08 Å². The maximum atomic E-state index is 14.1. The number of aliphatic carboxylic acids is 1. The first-order chi connectivity index (χ1) is 16.7. The Bertz CT molecular complexity index is 1360. The summed E-state index contributed by atoms with van der Waals surface area (Å²) in [5.41, 5.74) is 6.18. The van der Waals surface area contributed by atoms with Crippen molar-refractivity contribution in [2.75, 3.05) is 0 Å². The number of carboxylic acid groups (broad SMARTS) is 1. The summed E-state index contributed by atoms with van der Waals surface area (Å²) < 4.78 is 42.3. The van der Waals surface area contributed by atoms with Gasteiger partial charge in [0.15, 0.2) is 0 Å². The predicted octanol–water partition coefficient (Wildman–Crippen LogP) is 8.07. The second kappa shape index (κ2) is 9.79. The Morgan fingerprint density at radius 3 is 2.37 bits per heavy atom. The Labute approximate surface area is 202 Å². The van der Waals surface area contributed by atoms with E-state index in [9.17, 15) is 18.0 Å². The minimum atomic E-state index is -4.48. The van der Waals surface area contributed by atoms with Gasteiger partial charge in [-0.25, -0.2) is 4.79 Å². The Balaban J connectivity index is 1.94. The molecule has 2 nitrogen and oxygen atoms in total. The molecule has 0 saturated carbocycles. The number of rotatable bonds is 6. The van der Waals surface area contributed by atoms with Crippen molar-refractivity contribution in [3.8, 4) is 0 Å². The number of hydrogen-bond acceptors (Lipinski definition) is 1. The van der Waals surface area contributed by atoms with E-state index in [1.807, 2.05) is 43.3 Å². The summed E-state index contributed by atoms with van der Waals surface area (Å²) in [6.45, 7) is 3.54. The molecule has 4 rings (SSSR count). The highest BCUT2D eigenvalue weighted by Crippen LogP contribution is 2.43. The molecule has 1 aliphatic carbocycles.